The predicted molar refractivity (Wildman–Crippen MR) is 71.9 cm³/mol. The average molecular weight is 259 g/mol. The highest BCUT2D eigenvalue weighted by molar-refractivity contribution is 5.67. The van der Waals surface area contributed by atoms with Crippen molar-refractivity contribution in [3.63, 3.8) is 0 Å². The Balaban J connectivity index is 1.95. The van der Waals surface area contributed by atoms with Gasteiger partial charge >= 0.3 is 0 Å². The summed E-state index contributed by atoms with van der Waals surface area (Å²) in [6.07, 6.45) is 4.75. The van der Waals surface area contributed by atoms with E-state index in [1.54, 1.807) is 19.2 Å². The second-order valence-electron chi connectivity index (χ2n) is 4.89. The van der Waals surface area contributed by atoms with Gasteiger partial charge in [-0.05, 0) is 31.0 Å². The van der Waals surface area contributed by atoms with E-state index in [2.05, 4.69) is 10.2 Å². The molecule has 0 aliphatic heterocycles. The van der Waals surface area contributed by atoms with Crippen molar-refractivity contribution in [1.82, 2.24) is 10.2 Å². The first kappa shape index (κ1) is 12.0. The number of aromatic nitrogens is 2. The average Bonchev–Trinajstić information content (AvgIpc) is 3.09. The van der Waals surface area contributed by atoms with E-state index in [0.29, 0.717) is 23.2 Å². The Kier molecular flexibility index (Phi) is 3.11. The van der Waals surface area contributed by atoms with Gasteiger partial charge in [-0.1, -0.05) is 12.8 Å². The van der Waals surface area contributed by atoms with Gasteiger partial charge in [0.15, 0.2) is 0 Å². The number of nitrogen functional groups attached to an aromatic ring is 1. The number of hydrogen-bond donors (Lipinski definition) is 1. The van der Waals surface area contributed by atoms with E-state index < -0.39 is 0 Å². The van der Waals surface area contributed by atoms with Crippen molar-refractivity contribution in [1.29, 1.82) is 0 Å². The van der Waals surface area contributed by atoms with E-state index in [1.807, 2.05) is 6.07 Å². The number of nitrogens with zero attached hydrogens (tertiary/aromatic N) is 2. The van der Waals surface area contributed by atoms with Gasteiger partial charge in [0.1, 0.15) is 5.75 Å². The zero-order valence-corrected chi connectivity index (χ0v) is 10.9. The Morgan fingerprint density at radius 3 is 2.79 bits per heavy atom. The third-order valence-corrected chi connectivity index (χ3v) is 3.60. The van der Waals surface area contributed by atoms with Crippen LogP contribution in [0, 0.1) is 0 Å². The van der Waals surface area contributed by atoms with Crippen LogP contribution < -0.4 is 10.5 Å². The first-order valence-electron chi connectivity index (χ1n) is 6.55. The lowest BCUT2D eigenvalue weighted by Gasteiger charge is -2.06. The summed E-state index contributed by atoms with van der Waals surface area (Å²) in [5, 5.41) is 8.30. The molecule has 1 aromatic carbocycles. The minimum atomic E-state index is 0.410. The summed E-state index contributed by atoms with van der Waals surface area (Å²) in [5.41, 5.74) is 7.20. The number of benzene rings is 1. The number of hydrogen-bond acceptors (Lipinski definition) is 5. The third kappa shape index (κ3) is 2.28. The van der Waals surface area contributed by atoms with E-state index in [9.17, 15) is 0 Å². The number of nitrogens with two attached hydrogens (primary N) is 1. The molecule has 5 heteroatoms. The van der Waals surface area contributed by atoms with Crippen molar-refractivity contribution in [2.45, 2.75) is 31.6 Å². The molecule has 1 heterocycles. The Morgan fingerprint density at radius 2 is 2.05 bits per heavy atom. The summed E-state index contributed by atoms with van der Waals surface area (Å²) < 4.78 is 11.1. The van der Waals surface area contributed by atoms with Crippen LogP contribution in [0.5, 0.6) is 5.75 Å². The van der Waals surface area contributed by atoms with Crippen molar-refractivity contribution in [2.24, 2.45) is 0 Å². The molecule has 2 aromatic rings. The lowest BCUT2D eigenvalue weighted by atomic mass is 10.1. The minimum absolute atomic E-state index is 0.410. The van der Waals surface area contributed by atoms with Crippen LogP contribution in [0.3, 0.4) is 0 Å². The molecule has 0 spiro atoms. The highest BCUT2D eigenvalue weighted by Crippen LogP contribution is 2.36. The molecule has 0 unspecified atom stereocenters. The van der Waals surface area contributed by atoms with Crippen LogP contribution in [0.2, 0.25) is 0 Å². The molecule has 0 saturated heterocycles. The summed E-state index contributed by atoms with van der Waals surface area (Å²) in [4.78, 5) is 0. The summed E-state index contributed by atoms with van der Waals surface area (Å²) in [5.74, 6) is 2.31. The maximum Gasteiger partial charge on any atom is 0.251 e. The van der Waals surface area contributed by atoms with E-state index in [0.717, 1.165) is 24.3 Å². The first-order chi connectivity index (χ1) is 9.28. The molecular weight excluding hydrogens is 242 g/mol. The Labute approximate surface area is 111 Å². The normalized spacial score (nSPS) is 15.8. The minimum Gasteiger partial charge on any atom is -0.496 e. The van der Waals surface area contributed by atoms with Crippen molar-refractivity contribution in [2.75, 3.05) is 12.8 Å². The van der Waals surface area contributed by atoms with Gasteiger partial charge in [-0.15, -0.1) is 10.2 Å². The smallest absolute Gasteiger partial charge is 0.251 e. The monoisotopic (exact) mass is 259 g/mol. The Hall–Kier alpha value is -2.04. The second-order valence-corrected chi connectivity index (χ2v) is 4.89. The number of anilines is 1. The van der Waals surface area contributed by atoms with Crippen molar-refractivity contribution < 1.29 is 9.15 Å². The lowest BCUT2D eigenvalue weighted by molar-refractivity contribution is 0.412. The van der Waals surface area contributed by atoms with Gasteiger partial charge in [0.25, 0.3) is 5.89 Å². The molecule has 1 saturated carbocycles. The highest BCUT2D eigenvalue weighted by atomic mass is 16.5. The molecule has 1 aromatic heterocycles. The van der Waals surface area contributed by atoms with Gasteiger partial charge in [-0.2, -0.15) is 0 Å². The maximum absolute atomic E-state index is 5.80. The van der Waals surface area contributed by atoms with Gasteiger partial charge in [-0.25, -0.2) is 0 Å². The molecule has 1 aliphatic carbocycles. The third-order valence-electron chi connectivity index (χ3n) is 3.60. The number of ether oxygens (including phenoxy) is 1. The van der Waals surface area contributed by atoms with Crippen LogP contribution in [0.15, 0.2) is 22.6 Å². The Bertz CT molecular complexity index is 574. The summed E-state index contributed by atoms with van der Waals surface area (Å²) in [7, 11) is 1.61. The number of methoxy groups -OCH3 is 1. The van der Waals surface area contributed by atoms with Gasteiger partial charge in [0.2, 0.25) is 5.89 Å². The van der Waals surface area contributed by atoms with Crippen LogP contribution in [0.4, 0.5) is 5.69 Å². The molecule has 5 nitrogen and oxygen atoms in total. The molecule has 2 N–H and O–H groups in total. The zero-order chi connectivity index (χ0) is 13.2. The molecule has 0 atom stereocenters. The van der Waals surface area contributed by atoms with E-state index >= 15 is 0 Å². The summed E-state index contributed by atoms with van der Waals surface area (Å²) in [6.45, 7) is 0. The molecule has 1 fully saturated rings. The first-order valence-corrected chi connectivity index (χ1v) is 6.55. The van der Waals surface area contributed by atoms with Crippen LogP contribution >= 0.6 is 0 Å². The van der Waals surface area contributed by atoms with E-state index in [4.69, 9.17) is 14.9 Å². The SMILES string of the molecule is COc1ccc(N)cc1-c1nnc(C2CCCC2)o1. The van der Waals surface area contributed by atoms with Crippen LogP contribution in [-0.4, -0.2) is 17.3 Å². The van der Waals surface area contributed by atoms with Gasteiger partial charge in [0.05, 0.1) is 12.7 Å². The number of rotatable bonds is 3. The lowest BCUT2D eigenvalue weighted by Crippen LogP contribution is -1.91. The Morgan fingerprint density at radius 1 is 1.26 bits per heavy atom. The van der Waals surface area contributed by atoms with Crippen molar-refractivity contribution in [3.8, 4) is 17.2 Å². The fourth-order valence-electron chi connectivity index (χ4n) is 2.57. The van der Waals surface area contributed by atoms with Crippen LogP contribution in [0.25, 0.3) is 11.5 Å². The van der Waals surface area contributed by atoms with Gasteiger partial charge in [-0.3, -0.25) is 0 Å². The summed E-state index contributed by atoms with van der Waals surface area (Å²) in [6, 6.07) is 5.39. The fraction of sp³-hybridized carbons (Fsp3) is 0.429. The molecule has 0 amide bonds. The van der Waals surface area contributed by atoms with Gasteiger partial charge in [0, 0.05) is 11.6 Å². The quantitative estimate of drug-likeness (QED) is 0.858. The highest BCUT2D eigenvalue weighted by Gasteiger charge is 2.23. The second kappa shape index (κ2) is 4.91. The fourth-order valence-corrected chi connectivity index (χ4v) is 2.57. The van der Waals surface area contributed by atoms with E-state index in [1.165, 1.54) is 12.8 Å². The van der Waals surface area contributed by atoms with Crippen LogP contribution in [-0.2, 0) is 0 Å². The molecule has 100 valence electrons. The zero-order valence-electron chi connectivity index (χ0n) is 10.9. The largest absolute Gasteiger partial charge is 0.496 e. The summed E-state index contributed by atoms with van der Waals surface area (Å²) >= 11 is 0. The molecule has 0 radical (unpaired) electrons. The molecular formula is C14H17N3O2. The maximum atomic E-state index is 5.80. The van der Waals surface area contributed by atoms with E-state index in [-0.39, 0.29) is 0 Å². The van der Waals surface area contributed by atoms with Crippen LogP contribution in [0.1, 0.15) is 37.5 Å². The molecule has 19 heavy (non-hydrogen) atoms. The molecule has 1 aliphatic rings. The predicted octanol–water partition coefficient (Wildman–Crippen LogP) is 2.99. The molecule has 0 bridgehead atoms. The molecule has 3 rings (SSSR count). The van der Waals surface area contributed by atoms with Crippen molar-refractivity contribution in [3.05, 3.63) is 24.1 Å². The van der Waals surface area contributed by atoms with Gasteiger partial charge < -0.3 is 14.9 Å². The topological polar surface area (TPSA) is 74.2 Å². The van der Waals surface area contributed by atoms with Crippen molar-refractivity contribution >= 4 is 5.69 Å². The standard InChI is InChI=1S/C14H17N3O2/c1-18-12-7-6-10(15)8-11(12)14-17-16-13(19-14)9-4-2-3-5-9/h6-9H,2-5,15H2,1H3.